The standard InChI is InChI=1S/C23H23NO5/c1-15-12-23(26)29-21-13-18(9-10-19(15)21)28-14-22(25)24-11-3-4-20(24)16-5-7-17(27-2)8-6-16/h5-10,12-13,20H,3-4,11,14H2,1-2H3. The summed E-state index contributed by atoms with van der Waals surface area (Å²) in [6.45, 7) is 2.51. The number of ether oxygens (including phenoxy) is 2. The molecule has 0 radical (unpaired) electrons. The van der Waals surface area contributed by atoms with Crippen LogP contribution in [-0.2, 0) is 4.79 Å². The van der Waals surface area contributed by atoms with Gasteiger partial charge in [0.05, 0.1) is 13.2 Å². The van der Waals surface area contributed by atoms with Crippen molar-refractivity contribution in [3.8, 4) is 11.5 Å². The first kappa shape index (κ1) is 19.1. The van der Waals surface area contributed by atoms with Crippen LogP contribution in [0.4, 0.5) is 0 Å². The summed E-state index contributed by atoms with van der Waals surface area (Å²) in [6, 6.07) is 14.6. The van der Waals surface area contributed by atoms with Gasteiger partial charge in [-0.3, -0.25) is 4.79 Å². The molecule has 4 rings (SSSR count). The van der Waals surface area contributed by atoms with E-state index >= 15 is 0 Å². The van der Waals surface area contributed by atoms with E-state index in [1.54, 1.807) is 19.2 Å². The molecule has 1 amide bonds. The van der Waals surface area contributed by atoms with Crippen molar-refractivity contribution in [1.29, 1.82) is 0 Å². The molecule has 150 valence electrons. The van der Waals surface area contributed by atoms with Gasteiger partial charge in [0.15, 0.2) is 6.61 Å². The van der Waals surface area contributed by atoms with E-state index in [1.807, 2.05) is 42.2 Å². The maximum atomic E-state index is 12.8. The molecule has 1 aliphatic rings. The Morgan fingerprint density at radius 2 is 1.90 bits per heavy atom. The molecule has 2 heterocycles. The second kappa shape index (κ2) is 7.99. The van der Waals surface area contributed by atoms with E-state index in [4.69, 9.17) is 13.9 Å². The lowest BCUT2D eigenvalue weighted by molar-refractivity contribution is -0.134. The maximum Gasteiger partial charge on any atom is 0.336 e. The molecule has 29 heavy (non-hydrogen) atoms. The largest absolute Gasteiger partial charge is 0.497 e. The molecule has 3 aromatic rings. The molecule has 1 atom stereocenters. The summed E-state index contributed by atoms with van der Waals surface area (Å²) in [5.41, 5.74) is 2.00. The first-order valence-electron chi connectivity index (χ1n) is 9.66. The normalized spacial score (nSPS) is 16.2. The lowest BCUT2D eigenvalue weighted by atomic mass is 10.0. The van der Waals surface area contributed by atoms with Gasteiger partial charge in [-0.2, -0.15) is 0 Å². The number of nitrogens with zero attached hydrogens (tertiary/aromatic N) is 1. The number of carbonyl (C=O) groups is 1. The van der Waals surface area contributed by atoms with Crippen LogP contribution in [0.1, 0.15) is 30.0 Å². The SMILES string of the molecule is COc1ccc(C2CCCN2C(=O)COc2ccc3c(C)cc(=O)oc3c2)cc1. The van der Waals surface area contributed by atoms with Crippen molar-refractivity contribution in [3.63, 3.8) is 0 Å². The van der Waals surface area contributed by atoms with E-state index < -0.39 is 5.63 Å². The van der Waals surface area contributed by atoms with Crippen LogP contribution in [0, 0.1) is 6.92 Å². The van der Waals surface area contributed by atoms with Crippen LogP contribution in [0.3, 0.4) is 0 Å². The fraction of sp³-hybridized carbons (Fsp3) is 0.304. The average Bonchev–Trinajstić information content (AvgIpc) is 3.21. The van der Waals surface area contributed by atoms with Gasteiger partial charge in [-0.25, -0.2) is 4.79 Å². The van der Waals surface area contributed by atoms with Crippen LogP contribution in [0.25, 0.3) is 11.0 Å². The number of methoxy groups -OCH3 is 1. The minimum Gasteiger partial charge on any atom is -0.497 e. The number of fused-ring (bicyclic) bond motifs is 1. The van der Waals surface area contributed by atoms with Crippen LogP contribution >= 0.6 is 0 Å². The van der Waals surface area contributed by atoms with Gasteiger partial charge in [-0.1, -0.05) is 12.1 Å². The molecule has 1 fully saturated rings. The van der Waals surface area contributed by atoms with Gasteiger partial charge in [0.2, 0.25) is 0 Å². The molecule has 6 nitrogen and oxygen atoms in total. The topological polar surface area (TPSA) is 69.0 Å². The summed E-state index contributed by atoms with van der Waals surface area (Å²) in [5, 5.41) is 0.849. The van der Waals surface area contributed by atoms with E-state index in [9.17, 15) is 9.59 Å². The Morgan fingerprint density at radius 3 is 2.66 bits per heavy atom. The summed E-state index contributed by atoms with van der Waals surface area (Å²) < 4.78 is 16.2. The second-order valence-corrected chi connectivity index (χ2v) is 7.21. The molecular formula is C23H23NO5. The average molecular weight is 393 g/mol. The highest BCUT2D eigenvalue weighted by molar-refractivity contribution is 5.82. The molecule has 1 aliphatic heterocycles. The molecule has 2 aromatic carbocycles. The van der Waals surface area contributed by atoms with Gasteiger partial charge in [0.1, 0.15) is 17.1 Å². The highest BCUT2D eigenvalue weighted by Gasteiger charge is 2.30. The van der Waals surface area contributed by atoms with Crippen molar-refractivity contribution in [1.82, 2.24) is 4.90 Å². The second-order valence-electron chi connectivity index (χ2n) is 7.21. The van der Waals surface area contributed by atoms with Gasteiger partial charge >= 0.3 is 5.63 Å². The van der Waals surface area contributed by atoms with E-state index in [-0.39, 0.29) is 18.6 Å². The summed E-state index contributed by atoms with van der Waals surface area (Å²) in [4.78, 5) is 26.3. The molecule has 0 N–H and O–H groups in total. The number of carbonyl (C=O) groups excluding carboxylic acids is 1. The highest BCUT2D eigenvalue weighted by atomic mass is 16.5. The lowest BCUT2D eigenvalue weighted by Crippen LogP contribution is -2.34. The fourth-order valence-corrected chi connectivity index (χ4v) is 3.86. The van der Waals surface area contributed by atoms with Crippen LogP contribution < -0.4 is 15.1 Å². The Hall–Kier alpha value is -3.28. The Labute approximate surface area is 168 Å². The quantitative estimate of drug-likeness (QED) is 0.616. The number of rotatable bonds is 5. The number of aryl methyl sites for hydroxylation is 1. The van der Waals surface area contributed by atoms with Crippen molar-refractivity contribution in [2.24, 2.45) is 0 Å². The van der Waals surface area contributed by atoms with Crippen LogP contribution in [0.5, 0.6) is 11.5 Å². The Morgan fingerprint density at radius 1 is 1.14 bits per heavy atom. The van der Waals surface area contributed by atoms with E-state index in [0.717, 1.165) is 35.1 Å². The predicted octanol–water partition coefficient (Wildman–Crippen LogP) is 3.85. The van der Waals surface area contributed by atoms with E-state index in [0.29, 0.717) is 17.9 Å². The van der Waals surface area contributed by atoms with Crippen molar-refractivity contribution in [3.05, 3.63) is 70.1 Å². The highest BCUT2D eigenvalue weighted by Crippen LogP contribution is 2.33. The zero-order valence-corrected chi connectivity index (χ0v) is 16.5. The molecule has 1 saturated heterocycles. The van der Waals surface area contributed by atoms with Crippen LogP contribution in [-0.4, -0.2) is 31.1 Å². The first-order chi connectivity index (χ1) is 14.0. The zero-order chi connectivity index (χ0) is 20.4. The molecule has 0 spiro atoms. The predicted molar refractivity (Wildman–Crippen MR) is 109 cm³/mol. The van der Waals surface area contributed by atoms with Gasteiger partial charge in [0, 0.05) is 24.1 Å². The summed E-state index contributed by atoms with van der Waals surface area (Å²) >= 11 is 0. The summed E-state index contributed by atoms with van der Waals surface area (Å²) in [7, 11) is 1.64. The Kier molecular flexibility index (Phi) is 5.25. The fourth-order valence-electron chi connectivity index (χ4n) is 3.86. The van der Waals surface area contributed by atoms with Crippen molar-refractivity contribution in [2.75, 3.05) is 20.3 Å². The van der Waals surface area contributed by atoms with Crippen LogP contribution in [0.2, 0.25) is 0 Å². The number of hydrogen-bond donors (Lipinski definition) is 0. The minimum atomic E-state index is -0.400. The van der Waals surface area contributed by atoms with Crippen molar-refractivity contribution in [2.45, 2.75) is 25.8 Å². The number of benzene rings is 2. The van der Waals surface area contributed by atoms with E-state index in [1.165, 1.54) is 6.07 Å². The number of amides is 1. The monoisotopic (exact) mass is 393 g/mol. The summed E-state index contributed by atoms with van der Waals surface area (Å²) in [5.74, 6) is 1.24. The maximum absolute atomic E-state index is 12.8. The van der Waals surface area contributed by atoms with Gasteiger partial charge in [-0.05, 0) is 55.2 Å². The third-order valence-electron chi connectivity index (χ3n) is 5.36. The molecule has 6 heteroatoms. The Balaban J connectivity index is 1.46. The van der Waals surface area contributed by atoms with Gasteiger partial charge in [0.25, 0.3) is 5.91 Å². The molecule has 0 aliphatic carbocycles. The van der Waals surface area contributed by atoms with Crippen molar-refractivity contribution >= 4 is 16.9 Å². The lowest BCUT2D eigenvalue weighted by Gasteiger charge is -2.25. The van der Waals surface area contributed by atoms with Gasteiger partial charge in [-0.15, -0.1) is 0 Å². The molecule has 0 saturated carbocycles. The molecular weight excluding hydrogens is 370 g/mol. The molecule has 0 bridgehead atoms. The third kappa shape index (κ3) is 3.97. The minimum absolute atomic E-state index is 0.0503. The summed E-state index contributed by atoms with van der Waals surface area (Å²) in [6.07, 6.45) is 1.89. The first-order valence-corrected chi connectivity index (χ1v) is 9.66. The van der Waals surface area contributed by atoms with Gasteiger partial charge < -0.3 is 18.8 Å². The smallest absolute Gasteiger partial charge is 0.336 e. The van der Waals surface area contributed by atoms with E-state index in [2.05, 4.69) is 0 Å². The zero-order valence-electron chi connectivity index (χ0n) is 16.5. The third-order valence-corrected chi connectivity index (χ3v) is 5.36. The number of hydrogen-bond acceptors (Lipinski definition) is 5. The molecule has 1 unspecified atom stereocenters. The van der Waals surface area contributed by atoms with Crippen LogP contribution in [0.15, 0.2) is 57.7 Å². The molecule has 1 aromatic heterocycles. The number of likely N-dealkylation sites (tertiary alicyclic amines) is 1. The van der Waals surface area contributed by atoms with Crippen molar-refractivity contribution < 1.29 is 18.7 Å². The Bertz CT molecular complexity index is 1090.